The summed E-state index contributed by atoms with van der Waals surface area (Å²) in [7, 11) is 0. The molecule has 1 aromatic carbocycles. The number of likely N-dealkylation sites (tertiary alicyclic amines) is 1. The number of fused-ring (bicyclic) bond motifs is 1. The molecule has 1 aliphatic heterocycles. The van der Waals surface area contributed by atoms with E-state index >= 15 is 0 Å². The molecule has 2 heterocycles. The topological polar surface area (TPSA) is 76.6 Å². The third kappa shape index (κ3) is 4.38. The Hall–Kier alpha value is -2.18. The van der Waals surface area contributed by atoms with Crippen LogP contribution >= 0.6 is 11.3 Å². The molecular formula is C23H30N3O2S+. The van der Waals surface area contributed by atoms with Gasteiger partial charge in [0.05, 0.1) is 18.7 Å². The molecule has 4 rings (SSSR count). The van der Waals surface area contributed by atoms with Gasteiger partial charge in [-0.15, -0.1) is 11.3 Å². The molecule has 1 fully saturated rings. The van der Waals surface area contributed by atoms with Crippen molar-refractivity contribution in [1.29, 1.82) is 0 Å². The van der Waals surface area contributed by atoms with Gasteiger partial charge in [-0.25, -0.2) is 0 Å². The Kier molecular flexibility index (Phi) is 6.01. The van der Waals surface area contributed by atoms with E-state index in [1.807, 2.05) is 6.92 Å². The van der Waals surface area contributed by atoms with Gasteiger partial charge in [0.15, 0.2) is 6.04 Å². The normalized spacial score (nSPS) is 22.1. The van der Waals surface area contributed by atoms with Gasteiger partial charge >= 0.3 is 0 Å². The van der Waals surface area contributed by atoms with E-state index in [9.17, 15) is 9.59 Å². The van der Waals surface area contributed by atoms with Gasteiger partial charge in [0.25, 0.3) is 11.8 Å². The summed E-state index contributed by atoms with van der Waals surface area (Å²) in [6.45, 7) is 4.01. The number of benzene rings is 1. The zero-order chi connectivity index (χ0) is 20.4. The summed E-state index contributed by atoms with van der Waals surface area (Å²) < 4.78 is 0. The molecular weight excluding hydrogens is 382 g/mol. The maximum Gasteiger partial charge on any atom is 0.282 e. The predicted octanol–water partition coefficient (Wildman–Crippen LogP) is 2.20. The van der Waals surface area contributed by atoms with Crippen molar-refractivity contribution in [2.45, 2.75) is 51.5 Å². The van der Waals surface area contributed by atoms with Crippen LogP contribution in [0.25, 0.3) is 0 Å². The van der Waals surface area contributed by atoms with Crippen LogP contribution in [0.15, 0.2) is 30.3 Å². The second-order valence-electron chi connectivity index (χ2n) is 8.43. The summed E-state index contributed by atoms with van der Waals surface area (Å²) in [6, 6.07) is 10.5. The Morgan fingerprint density at radius 2 is 1.93 bits per heavy atom. The number of nitrogens with one attached hydrogen (secondary N) is 2. The lowest BCUT2D eigenvalue weighted by molar-refractivity contribution is -0.919. The first-order valence-electron chi connectivity index (χ1n) is 10.7. The Morgan fingerprint density at radius 3 is 2.62 bits per heavy atom. The third-order valence-electron chi connectivity index (χ3n) is 6.52. The van der Waals surface area contributed by atoms with E-state index in [1.165, 1.54) is 26.7 Å². The highest BCUT2D eigenvalue weighted by atomic mass is 32.1. The van der Waals surface area contributed by atoms with Gasteiger partial charge in [-0.2, -0.15) is 0 Å². The fraction of sp³-hybridized carbons (Fsp3) is 0.478. The minimum Gasteiger partial charge on any atom is -0.365 e. The van der Waals surface area contributed by atoms with Crippen LogP contribution in [-0.2, 0) is 24.1 Å². The number of rotatable bonds is 6. The van der Waals surface area contributed by atoms with E-state index in [0.717, 1.165) is 57.2 Å². The van der Waals surface area contributed by atoms with E-state index in [4.69, 9.17) is 5.73 Å². The molecule has 0 radical (unpaired) electrons. The highest BCUT2D eigenvalue weighted by Gasteiger charge is 2.32. The summed E-state index contributed by atoms with van der Waals surface area (Å²) in [6.07, 6.45) is 6.33. The number of piperidine rings is 1. The second-order valence-corrected chi connectivity index (χ2v) is 9.53. The fourth-order valence-electron chi connectivity index (χ4n) is 4.79. The highest BCUT2D eigenvalue weighted by molar-refractivity contribution is 7.17. The van der Waals surface area contributed by atoms with Gasteiger partial charge in [-0.05, 0) is 62.5 Å². The molecule has 1 aromatic heterocycles. The van der Waals surface area contributed by atoms with Crippen LogP contribution in [0.5, 0.6) is 0 Å². The van der Waals surface area contributed by atoms with Crippen LogP contribution in [0.1, 0.15) is 52.5 Å². The Balaban J connectivity index is 1.34. The van der Waals surface area contributed by atoms with Crippen molar-refractivity contribution in [3.63, 3.8) is 0 Å². The van der Waals surface area contributed by atoms with Gasteiger partial charge in [-0.1, -0.05) is 30.3 Å². The number of amides is 2. The number of carbonyl (C=O) groups excluding carboxylic acids is 2. The summed E-state index contributed by atoms with van der Waals surface area (Å²) in [5.41, 5.74) is 8.61. The zero-order valence-electron chi connectivity index (χ0n) is 17.0. The number of hydrogen-bond donors (Lipinski definition) is 3. The van der Waals surface area contributed by atoms with Crippen molar-refractivity contribution in [2.24, 2.45) is 11.7 Å². The first-order valence-corrected chi connectivity index (χ1v) is 11.5. The Bertz CT molecular complexity index is 885. The third-order valence-corrected chi connectivity index (χ3v) is 7.73. The van der Waals surface area contributed by atoms with Crippen molar-refractivity contribution in [3.8, 4) is 0 Å². The van der Waals surface area contributed by atoms with E-state index in [2.05, 4.69) is 35.6 Å². The zero-order valence-corrected chi connectivity index (χ0v) is 17.8. The lowest BCUT2D eigenvalue weighted by atomic mass is 9.89. The number of primary amides is 1. The average molecular weight is 413 g/mol. The molecule has 0 spiro atoms. The van der Waals surface area contributed by atoms with Gasteiger partial charge in [0, 0.05) is 4.88 Å². The quantitative estimate of drug-likeness (QED) is 0.680. The maximum atomic E-state index is 12.9. The number of carbonyl (C=O) groups is 2. The molecule has 29 heavy (non-hydrogen) atoms. The van der Waals surface area contributed by atoms with Crippen molar-refractivity contribution < 1.29 is 14.5 Å². The van der Waals surface area contributed by atoms with E-state index < -0.39 is 5.91 Å². The molecule has 2 aromatic rings. The predicted molar refractivity (Wildman–Crippen MR) is 117 cm³/mol. The Labute approximate surface area is 176 Å². The second kappa shape index (κ2) is 8.67. The van der Waals surface area contributed by atoms with Crippen LogP contribution in [0.2, 0.25) is 0 Å². The summed E-state index contributed by atoms with van der Waals surface area (Å²) in [5.74, 6) is 0.253. The monoisotopic (exact) mass is 412 g/mol. The molecule has 1 aliphatic carbocycles. The fourth-order valence-corrected chi connectivity index (χ4v) is 6.09. The maximum absolute atomic E-state index is 12.9. The smallest absolute Gasteiger partial charge is 0.282 e. The number of thiophene rings is 1. The molecule has 2 amide bonds. The van der Waals surface area contributed by atoms with E-state index in [-0.39, 0.29) is 11.9 Å². The van der Waals surface area contributed by atoms with Crippen molar-refractivity contribution in [1.82, 2.24) is 0 Å². The van der Waals surface area contributed by atoms with Crippen molar-refractivity contribution in [2.75, 3.05) is 18.4 Å². The standard InChI is InChI=1S/C23H29N3O2S/c1-15(26-12-10-17(11-13-26)14-16-6-3-2-4-7-16)22(28)25-23-20(21(24)27)18-8-5-9-19(18)29-23/h2-4,6-7,15,17H,5,8-14H2,1H3,(H2,24,27)(H,25,28)/p+1/t15-/m0/s1. The summed E-state index contributed by atoms with van der Waals surface area (Å²) in [5, 5.41) is 3.68. The Morgan fingerprint density at radius 1 is 1.21 bits per heavy atom. The minimum atomic E-state index is -0.429. The molecule has 6 heteroatoms. The number of nitrogens with two attached hydrogens (primary N) is 1. The summed E-state index contributed by atoms with van der Waals surface area (Å²) in [4.78, 5) is 27.4. The lowest BCUT2D eigenvalue weighted by Gasteiger charge is -2.32. The van der Waals surface area contributed by atoms with Gasteiger partial charge < -0.3 is 16.0 Å². The van der Waals surface area contributed by atoms with Gasteiger partial charge in [0.1, 0.15) is 5.00 Å². The molecule has 0 saturated carbocycles. The van der Waals surface area contributed by atoms with Crippen molar-refractivity contribution >= 4 is 28.2 Å². The SMILES string of the molecule is C[C@@H](C(=O)Nc1sc2c(c1C(N)=O)CCC2)[NH+]1CCC(Cc2ccccc2)CC1. The molecule has 1 saturated heterocycles. The lowest BCUT2D eigenvalue weighted by Crippen LogP contribution is -3.17. The highest BCUT2D eigenvalue weighted by Crippen LogP contribution is 2.38. The first-order chi connectivity index (χ1) is 14.0. The van der Waals surface area contributed by atoms with Crippen LogP contribution < -0.4 is 16.0 Å². The number of hydrogen-bond acceptors (Lipinski definition) is 3. The number of anilines is 1. The van der Waals surface area contributed by atoms with E-state index in [0.29, 0.717) is 16.5 Å². The largest absolute Gasteiger partial charge is 0.365 e. The van der Waals surface area contributed by atoms with Crippen LogP contribution in [0, 0.1) is 5.92 Å². The van der Waals surface area contributed by atoms with Gasteiger partial charge in [-0.3, -0.25) is 9.59 Å². The number of quaternary nitrogens is 1. The molecule has 1 atom stereocenters. The average Bonchev–Trinajstić information content (AvgIpc) is 3.29. The minimum absolute atomic E-state index is 0.0102. The molecule has 4 N–H and O–H groups in total. The molecule has 2 aliphatic rings. The van der Waals surface area contributed by atoms with E-state index in [1.54, 1.807) is 0 Å². The van der Waals surface area contributed by atoms with Crippen LogP contribution in [-0.4, -0.2) is 30.9 Å². The first kappa shape index (κ1) is 20.1. The molecule has 0 unspecified atom stereocenters. The summed E-state index contributed by atoms with van der Waals surface area (Å²) >= 11 is 1.53. The number of aryl methyl sites for hydroxylation is 1. The van der Waals surface area contributed by atoms with Crippen LogP contribution in [0.3, 0.4) is 0 Å². The molecule has 0 bridgehead atoms. The molecule has 5 nitrogen and oxygen atoms in total. The molecule has 154 valence electrons. The van der Waals surface area contributed by atoms with Gasteiger partial charge in [0.2, 0.25) is 0 Å². The van der Waals surface area contributed by atoms with Crippen molar-refractivity contribution in [3.05, 3.63) is 51.9 Å². The van der Waals surface area contributed by atoms with Crippen LogP contribution in [0.4, 0.5) is 5.00 Å².